The minimum Gasteiger partial charge on any atom is -0.379 e. The molecule has 4 N–H and O–H groups in total. The zero-order valence-corrected chi connectivity index (χ0v) is 11.4. The topological polar surface area (TPSA) is 77.0 Å². The number of nitrogens with zero attached hydrogens (tertiary/aromatic N) is 2. The van der Waals surface area contributed by atoms with Gasteiger partial charge in [-0.2, -0.15) is 0 Å². The molecule has 0 aliphatic carbocycles. The van der Waals surface area contributed by atoms with Gasteiger partial charge in [-0.05, 0) is 0 Å². The number of hydrogen-bond acceptors (Lipinski definition) is 6. The summed E-state index contributed by atoms with van der Waals surface area (Å²) in [4.78, 5) is 4.58. The molecule has 1 aliphatic rings. The normalized spacial score (nSPS) is 22.3. The van der Waals surface area contributed by atoms with Gasteiger partial charge in [0.15, 0.2) is 0 Å². The Labute approximate surface area is 110 Å². The highest BCUT2D eigenvalue weighted by Crippen LogP contribution is 1.94. The average Bonchev–Trinajstić information content (AvgIpc) is 2.35. The first-order valence-corrected chi connectivity index (χ1v) is 6.87. The fraction of sp³-hybridized carbons (Fsp3) is 1.00. The predicted octanol–water partition coefficient (Wildman–Crippen LogP) is -1.45. The van der Waals surface area contributed by atoms with Gasteiger partial charge in [0.25, 0.3) is 0 Å². The van der Waals surface area contributed by atoms with Gasteiger partial charge in [-0.25, -0.2) is 0 Å². The van der Waals surface area contributed by atoms with Crippen molar-refractivity contribution >= 4 is 0 Å². The molecule has 0 aromatic rings. The number of rotatable bonds is 4. The molecule has 6 nitrogen and oxygen atoms in total. The maximum atomic E-state index is 5.65. The van der Waals surface area contributed by atoms with Crippen LogP contribution in [0.1, 0.15) is 0 Å². The Kier molecular flexibility index (Phi) is 9.37. The van der Waals surface area contributed by atoms with E-state index in [2.05, 4.69) is 9.80 Å². The second-order valence-electron chi connectivity index (χ2n) is 4.49. The van der Waals surface area contributed by atoms with Crippen LogP contribution in [0.5, 0.6) is 0 Å². The summed E-state index contributed by atoms with van der Waals surface area (Å²) in [5, 5.41) is 0. The van der Waals surface area contributed by atoms with E-state index in [9.17, 15) is 0 Å². The van der Waals surface area contributed by atoms with Crippen LogP contribution in [0.4, 0.5) is 0 Å². The fourth-order valence-corrected chi connectivity index (χ4v) is 2.01. The minimum atomic E-state index is 0.685. The second kappa shape index (κ2) is 10.7. The van der Waals surface area contributed by atoms with Gasteiger partial charge < -0.3 is 20.9 Å². The molecule has 0 atom stereocenters. The van der Waals surface area contributed by atoms with Gasteiger partial charge in [-0.1, -0.05) is 0 Å². The van der Waals surface area contributed by atoms with E-state index >= 15 is 0 Å². The first-order chi connectivity index (χ1) is 8.86. The summed E-state index contributed by atoms with van der Waals surface area (Å²) < 4.78 is 11.3. The summed E-state index contributed by atoms with van der Waals surface area (Å²) in [7, 11) is 0. The highest BCUT2D eigenvalue weighted by atomic mass is 16.5. The molecule has 0 bridgehead atoms. The molecule has 0 saturated carbocycles. The molecule has 0 unspecified atom stereocenters. The molecule has 1 fully saturated rings. The van der Waals surface area contributed by atoms with E-state index in [1.165, 1.54) is 0 Å². The molecular weight excluding hydrogens is 232 g/mol. The van der Waals surface area contributed by atoms with Crippen LogP contribution in [-0.2, 0) is 9.47 Å². The van der Waals surface area contributed by atoms with Crippen LogP contribution in [0.2, 0.25) is 0 Å². The van der Waals surface area contributed by atoms with Crippen molar-refractivity contribution in [2.24, 2.45) is 11.5 Å². The van der Waals surface area contributed by atoms with Gasteiger partial charge in [0, 0.05) is 52.4 Å². The third-order valence-electron chi connectivity index (χ3n) is 3.10. The monoisotopic (exact) mass is 260 g/mol. The molecule has 1 aliphatic heterocycles. The van der Waals surface area contributed by atoms with Crippen molar-refractivity contribution in [2.45, 2.75) is 0 Å². The smallest absolute Gasteiger partial charge is 0.0594 e. The zero-order chi connectivity index (χ0) is 13.1. The van der Waals surface area contributed by atoms with Gasteiger partial charge in [0.05, 0.1) is 26.4 Å². The first-order valence-electron chi connectivity index (χ1n) is 6.87. The van der Waals surface area contributed by atoms with Crippen LogP contribution in [0.3, 0.4) is 0 Å². The molecule has 6 heteroatoms. The molecule has 18 heavy (non-hydrogen) atoms. The van der Waals surface area contributed by atoms with Crippen LogP contribution in [0, 0.1) is 0 Å². The molecule has 0 aromatic heterocycles. The van der Waals surface area contributed by atoms with Crippen molar-refractivity contribution in [3.05, 3.63) is 0 Å². The average molecular weight is 260 g/mol. The summed E-state index contributed by atoms with van der Waals surface area (Å²) in [5.74, 6) is 0. The standard InChI is InChI=1S/C12H28N4O2/c13-1-3-15-5-9-17-11-7-16(4-2-14)8-12-18-10-6-15/h1-14H2. The van der Waals surface area contributed by atoms with Crippen molar-refractivity contribution in [1.82, 2.24) is 9.80 Å². The Morgan fingerprint density at radius 3 is 1.28 bits per heavy atom. The quantitative estimate of drug-likeness (QED) is 0.644. The van der Waals surface area contributed by atoms with Crippen molar-refractivity contribution in [2.75, 3.05) is 78.8 Å². The van der Waals surface area contributed by atoms with Crippen LogP contribution >= 0.6 is 0 Å². The van der Waals surface area contributed by atoms with E-state index in [4.69, 9.17) is 20.9 Å². The van der Waals surface area contributed by atoms with Gasteiger partial charge in [0.2, 0.25) is 0 Å². The molecule has 1 rings (SSSR count). The summed E-state index contributed by atoms with van der Waals surface area (Å²) in [6.07, 6.45) is 0. The van der Waals surface area contributed by atoms with Crippen LogP contribution in [0.25, 0.3) is 0 Å². The summed E-state index contributed by atoms with van der Waals surface area (Å²) in [5.41, 5.74) is 11.2. The van der Waals surface area contributed by atoms with Gasteiger partial charge in [-0.15, -0.1) is 0 Å². The maximum Gasteiger partial charge on any atom is 0.0594 e. The summed E-state index contributed by atoms with van der Waals surface area (Å²) >= 11 is 0. The highest BCUT2D eigenvalue weighted by Gasteiger charge is 2.08. The lowest BCUT2D eigenvalue weighted by Crippen LogP contribution is -2.39. The Balaban J connectivity index is 2.28. The molecule has 1 saturated heterocycles. The van der Waals surface area contributed by atoms with E-state index in [-0.39, 0.29) is 0 Å². The molecule has 0 radical (unpaired) electrons. The number of nitrogens with two attached hydrogens (primary N) is 2. The van der Waals surface area contributed by atoms with Crippen LogP contribution in [-0.4, -0.2) is 88.6 Å². The van der Waals surface area contributed by atoms with Crippen LogP contribution in [0.15, 0.2) is 0 Å². The molecular formula is C12H28N4O2. The Bertz CT molecular complexity index is 163. The third kappa shape index (κ3) is 7.25. The lowest BCUT2D eigenvalue weighted by Gasteiger charge is -2.25. The lowest BCUT2D eigenvalue weighted by atomic mass is 10.4. The number of ether oxygens (including phenoxy) is 2. The number of hydrogen-bond donors (Lipinski definition) is 2. The van der Waals surface area contributed by atoms with Crippen molar-refractivity contribution in [3.63, 3.8) is 0 Å². The SMILES string of the molecule is NCCN1CCOCCN(CCN)CCOCC1. The fourth-order valence-electron chi connectivity index (χ4n) is 2.01. The highest BCUT2D eigenvalue weighted by molar-refractivity contribution is 4.61. The van der Waals surface area contributed by atoms with Gasteiger partial charge in [-0.3, -0.25) is 9.80 Å². The zero-order valence-electron chi connectivity index (χ0n) is 11.4. The summed E-state index contributed by atoms with van der Waals surface area (Å²) in [6.45, 7) is 9.94. The third-order valence-corrected chi connectivity index (χ3v) is 3.10. The van der Waals surface area contributed by atoms with Crippen molar-refractivity contribution < 1.29 is 9.47 Å². The molecule has 108 valence electrons. The van der Waals surface area contributed by atoms with E-state index in [0.717, 1.165) is 65.7 Å². The van der Waals surface area contributed by atoms with E-state index < -0.39 is 0 Å². The van der Waals surface area contributed by atoms with Gasteiger partial charge in [0.1, 0.15) is 0 Å². The minimum absolute atomic E-state index is 0.685. The van der Waals surface area contributed by atoms with Crippen LogP contribution < -0.4 is 11.5 Å². The largest absolute Gasteiger partial charge is 0.379 e. The molecule has 0 amide bonds. The van der Waals surface area contributed by atoms with Gasteiger partial charge >= 0.3 is 0 Å². The van der Waals surface area contributed by atoms with E-state index in [1.807, 2.05) is 0 Å². The maximum absolute atomic E-state index is 5.65. The molecule has 0 spiro atoms. The van der Waals surface area contributed by atoms with E-state index in [0.29, 0.717) is 13.1 Å². The lowest BCUT2D eigenvalue weighted by molar-refractivity contribution is 0.0394. The van der Waals surface area contributed by atoms with Crippen molar-refractivity contribution in [1.29, 1.82) is 0 Å². The Hall–Kier alpha value is -0.240. The Morgan fingerprint density at radius 1 is 0.667 bits per heavy atom. The summed E-state index contributed by atoms with van der Waals surface area (Å²) in [6, 6.07) is 0. The second-order valence-corrected chi connectivity index (χ2v) is 4.49. The van der Waals surface area contributed by atoms with E-state index in [1.54, 1.807) is 0 Å². The molecule has 0 aromatic carbocycles. The molecule has 1 heterocycles. The van der Waals surface area contributed by atoms with Crippen molar-refractivity contribution in [3.8, 4) is 0 Å². The Morgan fingerprint density at radius 2 is 1.00 bits per heavy atom. The predicted molar refractivity (Wildman–Crippen MR) is 72.6 cm³/mol. The first kappa shape index (κ1) is 15.8.